The number of pyridine rings is 1. The second kappa shape index (κ2) is 7.21. The molecule has 1 unspecified atom stereocenters. The molecule has 1 saturated heterocycles. The van der Waals surface area contributed by atoms with Crippen LogP contribution in [0.25, 0.3) is 0 Å². The highest BCUT2D eigenvalue weighted by Gasteiger charge is 2.44. The molecule has 2 fully saturated rings. The largest absolute Gasteiger partial charge is 0.394 e. The number of aliphatic hydroxyl groups is 1. The summed E-state index contributed by atoms with van der Waals surface area (Å²) < 4.78 is 12.5. The Morgan fingerprint density at radius 3 is 2.59 bits per heavy atom. The maximum Gasteiger partial charge on any atom is 0.227 e. The minimum atomic E-state index is -1.07. The van der Waals surface area contributed by atoms with Crippen LogP contribution in [0.3, 0.4) is 0 Å². The lowest BCUT2D eigenvalue weighted by molar-refractivity contribution is 0.265. The first-order valence-corrected chi connectivity index (χ1v) is 11.5. The second-order valence-electron chi connectivity index (χ2n) is 8.18. The van der Waals surface area contributed by atoms with E-state index >= 15 is 0 Å². The predicted octanol–water partition coefficient (Wildman–Crippen LogP) is 1.11. The maximum atomic E-state index is 12.5. The number of anilines is 3. The Hall–Kier alpha value is -2.26. The molecule has 2 aliphatic heterocycles. The Morgan fingerprint density at radius 1 is 1.17 bits per heavy atom. The number of aryl methyl sites for hydroxylation is 2. The molecule has 0 radical (unpaired) electrons. The van der Waals surface area contributed by atoms with Crippen molar-refractivity contribution in [2.75, 3.05) is 53.7 Å². The van der Waals surface area contributed by atoms with Gasteiger partial charge in [0.1, 0.15) is 16.5 Å². The van der Waals surface area contributed by atoms with Crippen molar-refractivity contribution in [3.63, 3.8) is 0 Å². The van der Waals surface area contributed by atoms with Gasteiger partial charge in [-0.1, -0.05) is 6.07 Å². The molecule has 29 heavy (non-hydrogen) atoms. The molecule has 5 rings (SSSR count). The van der Waals surface area contributed by atoms with Crippen LogP contribution >= 0.6 is 0 Å². The zero-order valence-electron chi connectivity index (χ0n) is 16.6. The van der Waals surface area contributed by atoms with E-state index in [2.05, 4.69) is 32.2 Å². The van der Waals surface area contributed by atoms with E-state index in [1.165, 1.54) is 0 Å². The minimum Gasteiger partial charge on any atom is -0.394 e. The third-order valence-corrected chi connectivity index (χ3v) is 7.46. The number of fused-ring (bicyclic) bond motifs is 1. The van der Waals surface area contributed by atoms with Gasteiger partial charge in [0.2, 0.25) is 5.95 Å². The van der Waals surface area contributed by atoms with Crippen molar-refractivity contribution in [3.05, 3.63) is 29.6 Å². The van der Waals surface area contributed by atoms with E-state index in [0.29, 0.717) is 23.9 Å². The van der Waals surface area contributed by atoms with Crippen LogP contribution in [-0.2, 0) is 17.2 Å². The molecule has 9 heteroatoms. The first kappa shape index (κ1) is 18.7. The average molecular weight is 415 g/mol. The molecule has 0 spiro atoms. The van der Waals surface area contributed by atoms with Gasteiger partial charge in [-0.3, -0.25) is 4.21 Å². The van der Waals surface area contributed by atoms with Gasteiger partial charge in [0.15, 0.2) is 0 Å². The first-order valence-electron chi connectivity index (χ1n) is 10.2. The van der Waals surface area contributed by atoms with E-state index in [1.807, 2.05) is 13.1 Å². The molecule has 2 N–H and O–H groups in total. The third kappa shape index (κ3) is 3.57. The summed E-state index contributed by atoms with van der Waals surface area (Å²) in [6.45, 7) is 5.43. The molecular formula is C20H26N6O2S. The number of hydrogen-bond acceptors (Lipinski definition) is 8. The van der Waals surface area contributed by atoms with Crippen molar-refractivity contribution in [3.8, 4) is 0 Å². The van der Waals surface area contributed by atoms with Gasteiger partial charge in [-0.05, 0) is 31.4 Å². The van der Waals surface area contributed by atoms with Crippen molar-refractivity contribution in [2.45, 2.75) is 36.6 Å². The SMILES string of the molecule is Cc1ccc(N2CCN(c3nc4c(c(NC5(CO)CC5)n3)S(=O)CC4)CC2)nc1. The summed E-state index contributed by atoms with van der Waals surface area (Å²) in [5.41, 5.74) is 1.74. The Kier molecular flexibility index (Phi) is 4.66. The minimum absolute atomic E-state index is 0.0654. The van der Waals surface area contributed by atoms with Crippen LogP contribution in [0.1, 0.15) is 24.1 Å². The van der Waals surface area contributed by atoms with Crippen molar-refractivity contribution in [1.29, 1.82) is 0 Å². The molecule has 0 bridgehead atoms. The predicted molar refractivity (Wildman–Crippen MR) is 113 cm³/mol. The molecule has 0 aromatic carbocycles. The monoisotopic (exact) mass is 414 g/mol. The third-order valence-electron chi connectivity index (χ3n) is 6.00. The smallest absolute Gasteiger partial charge is 0.227 e. The molecule has 3 aliphatic rings. The van der Waals surface area contributed by atoms with Gasteiger partial charge in [0, 0.05) is 44.5 Å². The molecular weight excluding hydrogens is 388 g/mol. The van der Waals surface area contributed by atoms with Crippen LogP contribution in [0.4, 0.5) is 17.6 Å². The Bertz CT molecular complexity index is 939. The number of hydrogen-bond donors (Lipinski definition) is 2. The van der Waals surface area contributed by atoms with E-state index in [4.69, 9.17) is 9.97 Å². The van der Waals surface area contributed by atoms with Crippen LogP contribution in [0, 0.1) is 6.92 Å². The van der Waals surface area contributed by atoms with Crippen LogP contribution in [0.5, 0.6) is 0 Å². The molecule has 1 saturated carbocycles. The lowest BCUT2D eigenvalue weighted by atomic mass is 10.2. The van der Waals surface area contributed by atoms with Gasteiger partial charge in [0.05, 0.1) is 28.6 Å². The van der Waals surface area contributed by atoms with Crippen molar-refractivity contribution < 1.29 is 9.32 Å². The topological polar surface area (TPSA) is 94.5 Å². The zero-order chi connectivity index (χ0) is 20.0. The highest BCUT2D eigenvalue weighted by molar-refractivity contribution is 7.85. The number of nitrogens with one attached hydrogen (secondary N) is 1. The van der Waals surface area contributed by atoms with Crippen LogP contribution < -0.4 is 15.1 Å². The number of aromatic nitrogens is 3. The summed E-state index contributed by atoms with van der Waals surface area (Å²) in [6, 6.07) is 4.16. The van der Waals surface area contributed by atoms with E-state index < -0.39 is 10.8 Å². The lowest BCUT2D eigenvalue weighted by Gasteiger charge is -2.35. The van der Waals surface area contributed by atoms with E-state index in [0.717, 1.165) is 61.0 Å². The molecule has 154 valence electrons. The standard InChI is InChI=1S/C20H26N6O2S/c1-14-2-3-16(21-12-14)25-7-9-26(10-8-25)19-22-15-4-11-29(28)17(15)18(23-19)24-20(13-27)5-6-20/h2-3,12,27H,4-11,13H2,1H3,(H,22,23,24). The van der Waals surface area contributed by atoms with Crippen LogP contribution in [0.15, 0.2) is 23.2 Å². The number of piperazine rings is 1. The van der Waals surface area contributed by atoms with E-state index in [9.17, 15) is 9.32 Å². The normalized spacial score (nSPS) is 22.5. The van der Waals surface area contributed by atoms with E-state index in [1.54, 1.807) is 0 Å². The fourth-order valence-electron chi connectivity index (χ4n) is 3.92. The molecule has 2 aromatic heterocycles. The Labute approximate surface area is 172 Å². The molecule has 0 amide bonds. The van der Waals surface area contributed by atoms with Crippen molar-refractivity contribution >= 4 is 28.4 Å². The molecule has 1 atom stereocenters. The number of aliphatic hydroxyl groups excluding tert-OH is 1. The van der Waals surface area contributed by atoms with E-state index in [-0.39, 0.29) is 12.1 Å². The van der Waals surface area contributed by atoms with Gasteiger partial charge in [-0.25, -0.2) is 9.97 Å². The highest BCUT2D eigenvalue weighted by atomic mass is 32.2. The van der Waals surface area contributed by atoms with Crippen molar-refractivity contribution in [2.24, 2.45) is 0 Å². The average Bonchev–Trinajstić information content (AvgIpc) is 3.42. The Balaban J connectivity index is 1.36. The highest BCUT2D eigenvalue weighted by Crippen LogP contribution is 2.41. The molecule has 8 nitrogen and oxygen atoms in total. The quantitative estimate of drug-likeness (QED) is 0.751. The summed E-state index contributed by atoms with van der Waals surface area (Å²) in [5, 5.41) is 13.1. The fourth-order valence-corrected chi connectivity index (χ4v) is 5.22. The molecule has 2 aromatic rings. The fraction of sp³-hybridized carbons (Fsp3) is 0.550. The molecule has 4 heterocycles. The first-order chi connectivity index (χ1) is 14.1. The van der Waals surface area contributed by atoms with Gasteiger partial charge in [-0.2, -0.15) is 4.98 Å². The summed E-state index contributed by atoms with van der Waals surface area (Å²) in [5.74, 6) is 2.94. The number of rotatable bonds is 5. The summed E-state index contributed by atoms with van der Waals surface area (Å²) in [7, 11) is -1.07. The number of nitrogens with zero attached hydrogens (tertiary/aromatic N) is 5. The summed E-state index contributed by atoms with van der Waals surface area (Å²) in [6.07, 6.45) is 4.43. The summed E-state index contributed by atoms with van der Waals surface area (Å²) in [4.78, 5) is 19.3. The van der Waals surface area contributed by atoms with Crippen LogP contribution in [-0.4, -0.2) is 68.3 Å². The van der Waals surface area contributed by atoms with Crippen molar-refractivity contribution in [1.82, 2.24) is 15.0 Å². The van der Waals surface area contributed by atoms with Gasteiger partial charge in [0.25, 0.3) is 0 Å². The van der Waals surface area contributed by atoms with Crippen LogP contribution in [0.2, 0.25) is 0 Å². The van der Waals surface area contributed by atoms with Gasteiger partial charge in [-0.15, -0.1) is 0 Å². The second-order valence-corrected chi connectivity index (χ2v) is 9.69. The van der Waals surface area contributed by atoms with Gasteiger partial charge >= 0.3 is 0 Å². The Morgan fingerprint density at radius 2 is 1.93 bits per heavy atom. The van der Waals surface area contributed by atoms with Gasteiger partial charge < -0.3 is 20.2 Å². The summed E-state index contributed by atoms with van der Waals surface area (Å²) >= 11 is 0. The molecule has 1 aliphatic carbocycles. The maximum absolute atomic E-state index is 12.5. The zero-order valence-corrected chi connectivity index (χ0v) is 17.4. The lowest BCUT2D eigenvalue weighted by Crippen LogP contribution is -2.47.